The molecule has 1 N–H and O–H groups in total. The highest BCUT2D eigenvalue weighted by atomic mass is 35.5. The molecule has 102 valence electrons. The summed E-state index contributed by atoms with van der Waals surface area (Å²) in [4.78, 5) is 11.9. The van der Waals surface area contributed by atoms with Gasteiger partial charge in [0, 0.05) is 0 Å². The lowest BCUT2D eigenvalue weighted by molar-refractivity contribution is 0.0955. The molecule has 0 spiro atoms. The number of benzene rings is 2. The molecule has 0 aromatic heterocycles. The average Bonchev–Trinajstić information content (AvgIpc) is 2.43. The number of carbonyl (C=O) groups excluding carboxylic acids is 1. The molecule has 0 aliphatic carbocycles. The van der Waals surface area contributed by atoms with Gasteiger partial charge in [0.2, 0.25) is 0 Å². The molecular formula is C16H15ClN2O. The molecule has 2 rings (SSSR count). The summed E-state index contributed by atoms with van der Waals surface area (Å²) in [5.41, 5.74) is 6.12. The van der Waals surface area contributed by atoms with Crippen LogP contribution in [0.4, 0.5) is 0 Å². The van der Waals surface area contributed by atoms with E-state index in [0.29, 0.717) is 10.6 Å². The van der Waals surface area contributed by atoms with Crippen LogP contribution in [-0.2, 0) is 0 Å². The first-order valence-corrected chi connectivity index (χ1v) is 6.61. The SMILES string of the molecule is Cc1ccc(C)c(/C=N\NC(=O)c2ccccc2Cl)c1. The standard InChI is InChI=1S/C16H15ClN2O/c1-11-7-8-12(2)13(9-11)10-18-19-16(20)14-5-3-4-6-15(14)17/h3-10H,1-2H3,(H,19,20)/b18-10-. The number of hydrazone groups is 1. The van der Waals surface area contributed by atoms with E-state index in [0.717, 1.165) is 16.7 Å². The van der Waals surface area contributed by atoms with Crippen molar-refractivity contribution in [1.29, 1.82) is 0 Å². The van der Waals surface area contributed by atoms with Gasteiger partial charge in [-0.2, -0.15) is 5.10 Å². The van der Waals surface area contributed by atoms with Gasteiger partial charge in [0.25, 0.3) is 5.91 Å². The fourth-order valence-corrected chi connectivity index (χ4v) is 1.99. The van der Waals surface area contributed by atoms with Crippen molar-refractivity contribution in [3.05, 3.63) is 69.7 Å². The van der Waals surface area contributed by atoms with Crippen molar-refractivity contribution in [3.8, 4) is 0 Å². The summed E-state index contributed by atoms with van der Waals surface area (Å²) in [5.74, 6) is -0.322. The summed E-state index contributed by atoms with van der Waals surface area (Å²) in [6.45, 7) is 4.01. The van der Waals surface area contributed by atoms with E-state index in [2.05, 4.69) is 10.5 Å². The highest BCUT2D eigenvalue weighted by Crippen LogP contribution is 2.14. The van der Waals surface area contributed by atoms with E-state index in [1.54, 1.807) is 30.5 Å². The molecule has 4 heteroatoms. The Kier molecular flexibility index (Phi) is 4.53. The highest BCUT2D eigenvalue weighted by Gasteiger charge is 2.07. The van der Waals surface area contributed by atoms with Gasteiger partial charge in [-0.1, -0.05) is 47.5 Å². The van der Waals surface area contributed by atoms with Crippen molar-refractivity contribution in [1.82, 2.24) is 5.43 Å². The zero-order valence-electron chi connectivity index (χ0n) is 11.4. The van der Waals surface area contributed by atoms with Crippen LogP contribution in [0.25, 0.3) is 0 Å². The predicted octanol–water partition coefficient (Wildman–Crippen LogP) is 3.72. The predicted molar refractivity (Wildman–Crippen MR) is 82.4 cm³/mol. The molecule has 20 heavy (non-hydrogen) atoms. The molecule has 0 saturated heterocycles. The Hall–Kier alpha value is -2.13. The number of rotatable bonds is 3. The molecule has 0 radical (unpaired) electrons. The number of aryl methyl sites for hydroxylation is 2. The Balaban J connectivity index is 2.09. The second-order valence-corrected chi connectivity index (χ2v) is 4.95. The molecule has 0 atom stereocenters. The van der Waals surface area contributed by atoms with Gasteiger partial charge < -0.3 is 0 Å². The fourth-order valence-electron chi connectivity index (χ4n) is 1.77. The summed E-state index contributed by atoms with van der Waals surface area (Å²) >= 11 is 5.95. The summed E-state index contributed by atoms with van der Waals surface area (Å²) < 4.78 is 0. The lowest BCUT2D eigenvalue weighted by atomic mass is 10.1. The summed E-state index contributed by atoms with van der Waals surface area (Å²) in [6, 6.07) is 12.9. The Morgan fingerprint density at radius 3 is 2.70 bits per heavy atom. The minimum Gasteiger partial charge on any atom is -0.267 e. The highest BCUT2D eigenvalue weighted by molar-refractivity contribution is 6.33. The molecule has 0 aliphatic rings. The Morgan fingerprint density at radius 1 is 1.20 bits per heavy atom. The normalized spacial score (nSPS) is 10.8. The van der Waals surface area contributed by atoms with Crippen LogP contribution in [0.15, 0.2) is 47.6 Å². The second kappa shape index (κ2) is 6.35. The number of halogens is 1. The third kappa shape index (κ3) is 3.45. The van der Waals surface area contributed by atoms with Crippen LogP contribution >= 0.6 is 11.6 Å². The molecule has 2 aromatic carbocycles. The average molecular weight is 287 g/mol. The summed E-state index contributed by atoms with van der Waals surface area (Å²) in [6.07, 6.45) is 1.64. The minimum absolute atomic E-state index is 0.322. The van der Waals surface area contributed by atoms with Crippen LogP contribution in [0.5, 0.6) is 0 Å². The molecule has 0 heterocycles. The fraction of sp³-hybridized carbons (Fsp3) is 0.125. The van der Waals surface area contributed by atoms with E-state index in [1.807, 2.05) is 32.0 Å². The van der Waals surface area contributed by atoms with Gasteiger partial charge in [0.1, 0.15) is 0 Å². The van der Waals surface area contributed by atoms with Crippen molar-refractivity contribution in [2.24, 2.45) is 5.10 Å². The van der Waals surface area contributed by atoms with Crippen LogP contribution in [0, 0.1) is 13.8 Å². The molecule has 0 fully saturated rings. The number of nitrogens with one attached hydrogen (secondary N) is 1. The van der Waals surface area contributed by atoms with Crippen molar-refractivity contribution in [2.75, 3.05) is 0 Å². The van der Waals surface area contributed by atoms with Gasteiger partial charge in [0.15, 0.2) is 0 Å². The monoisotopic (exact) mass is 286 g/mol. The number of hydrogen-bond donors (Lipinski definition) is 1. The lowest BCUT2D eigenvalue weighted by Gasteiger charge is -2.03. The van der Waals surface area contributed by atoms with E-state index >= 15 is 0 Å². The quantitative estimate of drug-likeness (QED) is 0.678. The maximum absolute atomic E-state index is 11.9. The van der Waals surface area contributed by atoms with Crippen molar-refractivity contribution in [2.45, 2.75) is 13.8 Å². The van der Waals surface area contributed by atoms with Crippen molar-refractivity contribution in [3.63, 3.8) is 0 Å². The molecule has 1 amide bonds. The van der Waals surface area contributed by atoms with E-state index in [1.165, 1.54) is 0 Å². The second-order valence-electron chi connectivity index (χ2n) is 4.54. The van der Waals surface area contributed by atoms with Crippen molar-refractivity contribution >= 4 is 23.7 Å². The molecule has 3 nitrogen and oxygen atoms in total. The smallest absolute Gasteiger partial charge is 0.267 e. The van der Waals surface area contributed by atoms with Crippen LogP contribution in [-0.4, -0.2) is 12.1 Å². The molecule has 2 aromatic rings. The first-order chi connectivity index (χ1) is 9.58. The largest absolute Gasteiger partial charge is 0.272 e. The summed E-state index contributed by atoms with van der Waals surface area (Å²) in [5, 5.41) is 4.39. The molecule has 0 aliphatic heterocycles. The molecule has 0 unspecified atom stereocenters. The van der Waals surface area contributed by atoms with Gasteiger partial charge >= 0.3 is 0 Å². The Labute approximate surface area is 123 Å². The van der Waals surface area contributed by atoms with Crippen LogP contribution in [0.3, 0.4) is 0 Å². The van der Waals surface area contributed by atoms with Crippen LogP contribution < -0.4 is 5.43 Å². The topological polar surface area (TPSA) is 41.5 Å². The van der Waals surface area contributed by atoms with E-state index in [9.17, 15) is 4.79 Å². The third-order valence-electron chi connectivity index (χ3n) is 2.92. The Morgan fingerprint density at radius 2 is 1.95 bits per heavy atom. The number of hydrogen-bond acceptors (Lipinski definition) is 2. The Bertz CT molecular complexity index is 665. The van der Waals surface area contributed by atoms with Gasteiger partial charge in [-0.25, -0.2) is 5.43 Å². The summed E-state index contributed by atoms with van der Waals surface area (Å²) in [7, 11) is 0. The van der Waals surface area contributed by atoms with E-state index in [4.69, 9.17) is 11.6 Å². The first-order valence-electron chi connectivity index (χ1n) is 6.23. The number of nitrogens with zero attached hydrogens (tertiary/aromatic N) is 1. The van der Waals surface area contributed by atoms with Gasteiger partial charge in [0.05, 0.1) is 16.8 Å². The van der Waals surface area contributed by atoms with E-state index < -0.39 is 0 Å². The van der Waals surface area contributed by atoms with Crippen LogP contribution in [0.2, 0.25) is 5.02 Å². The minimum atomic E-state index is -0.322. The number of amides is 1. The maximum atomic E-state index is 11.9. The third-order valence-corrected chi connectivity index (χ3v) is 3.25. The van der Waals surface area contributed by atoms with Gasteiger partial charge in [-0.15, -0.1) is 0 Å². The lowest BCUT2D eigenvalue weighted by Crippen LogP contribution is -2.18. The number of carbonyl (C=O) groups is 1. The zero-order valence-corrected chi connectivity index (χ0v) is 12.1. The first kappa shape index (κ1) is 14.3. The van der Waals surface area contributed by atoms with Gasteiger partial charge in [-0.3, -0.25) is 4.79 Å². The molecule has 0 bridgehead atoms. The van der Waals surface area contributed by atoms with E-state index in [-0.39, 0.29) is 5.91 Å². The molecule has 0 saturated carbocycles. The zero-order chi connectivity index (χ0) is 14.5. The van der Waals surface area contributed by atoms with Gasteiger partial charge in [-0.05, 0) is 37.1 Å². The maximum Gasteiger partial charge on any atom is 0.272 e. The molecular weight excluding hydrogens is 272 g/mol. The van der Waals surface area contributed by atoms with Crippen molar-refractivity contribution < 1.29 is 4.79 Å². The van der Waals surface area contributed by atoms with Crippen LogP contribution in [0.1, 0.15) is 27.0 Å².